The summed E-state index contributed by atoms with van der Waals surface area (Å²) in [5.74, 6) is 1.11. The fourth-order valence-corrected chi connectivity index (χ4v) is 3.70. The summed E-state index contributed by atoms with van der Waals surface area (Å²) in [5, 5.41) is 26.4. The van der Waals surface area contributed by atoms with E-state index in [-0.39, 0.29) is 17.1 Å². The highest BCUT2D eigenvalue weighted by Crippen LogP contribution is 2.36. The Balaban J connectivity index is 1.82. The molecular formula is C16H20N4O4. The first-order valence-corrected chi connectivity index (χ1v) is 8.30. The normalized spacial score (nSPS) is 25.1. The minimum atomic E-state index is -0.642. The average molecular weight is 332 g/mol. The number of hydrogen-bond acceptors (Lipinski definition) is 6. The van der Waals surface area contributed by atoms with E-state index in [1.54, 1.807) is 0 Å². The van der Waals surface area contributed by atoms with Gasteiger partial charge in [0.15, 0.2) is 0 Å². The van der Waals surface area contributed by atoms with E-state index in [1.807, 2.05) is 0 Å². The molecule has 0 unspecified atom stereocenters. The Labute approximate surface area is 139 Å². The number of benzene rings is 1. The van der Waals surface area contributed by atoms with Gasteiger partial charge in [-0.15, -0.1) is 0 Å². The third kappa shape index (κ3) is 3.52. The lowest BCUT2D eigenvalue weighted by Gasteiger charge is -2.33. The van der Waals surface area contributed by atoms with Gasteiger partial charge in [0.1, 0.15) is 5.69 Å². The molecule has 24 heavy (non-hydrogen) atoms. The SMILES string of the molecule is O=[N+]([O-])c1ccc(N/N=C2/C[C@@H]3CCCC[C@H]2CC3)c([N+](=O)[O-])c1. The largest absolute Gasteiger partial charge is 0.301 e. The van der Waals surface area contributed by atoms with Gasteiger partial charge in [-0.05, 0) is 43.6 Å². The summed E-state index contributed by atoms with van der Waals surface area (Å²) in [7, 11) is 0. The van der Waals surface area contributed by atoms with Crippen LogP contribution in [0.3, 0.4) is 0 Å². The minimum absolute atomic E-state index is 0.191. The van der Waals surface area contributed by atoms with Gasteiger partial charge in [0, 0.05) is 11.8 Å². The summed E-state index contributed by atoms with van der Waals surface area (Å²) >= 11 is 0. The number of hydrogen-bond donors (Lipinski definition) is 1. The van der Waals surface area contributed by atoms with Gasteiger partial charge in [0.05, 0.1) is 15.9 Å². The maximum Gasteiger partial charge on any atom is 0.301 e. The predicted octanol–water partition coefficient (Wildman–Crippen LogP) is 4.26. The van der Waals surface area contributed by atoms with Gasteiger partial charge in [0.2, 0.25) is 0 Å². The van der Waals surface area contributed by atoms with E-state index in [0.29, 0.717) is 11.8 Å². The van der Waals surface area contributed by atoms with E-state index in [0.717, 1.165) is 31.0 Å². The fraction of sp³-hybridized carbons (Fsp3) is 0.562. The van der Waals surface area contributed by atoms with Gasteiger partial charge >= 0.3 is 5.69 Å². The number of nitro benzene ring substituents is 2. The number of nitrogens with one attached hydrogen (secondary N) is 1. The summed E-state index contributed by atoms with van der Waals surface area (Å²) in [6.45, 7) is 0. The van der Waals surface area contributed by atoms with Gasteiger partial charge in [-0.2, -0.15) is 5.10 Å². The molecule has 3 aliphatic carbocycles. The van der Waals surface area contributed by atoms with Crippen LogP contribution in [0.4, 0.5) is 17.1 Å². The van der Waals surface area contributed by atoms with Crippen LogP contribution in [0.1, 0.15) is 44.9 Å². The first-order chi connectivity index (χ1) is 11.5. The molecule has 0 amide bonds. The molecule has 1 aromatic rings. The number of rotatable bonds is 4. The van der Waals surface area contributed by atoms with Crippen LogP contribution in [0.15, 0.2) is 23.3 Å². The highest BCUT2D eigenvalue weighted by Gasteiger charge is 2.29. The van der Waals surface area contributed by atoms with Gasteiger partial charge in [-0.3, -0.25) is 25.7 Å². The van der Waals surface area contributed by atoms with Gasteiger partial charge in [-0.1, -0.05) is 19.3 Å². The van der Waals surface area contributed by atoms with Crippen molar-refractivity contribution in [3.05, 3.63) is 38.4 Å². The van der Waals surface area contributed by atoms with Crippen LogP contribution in [-0.2, 0) is 0 Å². The first-order valence-electron chi connectivity index (χ1n) is 8.30. The second kappa shape index (κ2) is 6.94. The van der Waals surface area contributed by atoms with Crippen LogP contribution >= 0.6 is 0 Å². The maximum absolute atomic E-state index is 11.2. The van der Waals surface area contributed by atoms with Crippen LogP contribution in [0.2, 0.25) is 0 Å². The monoisotopic (exact) mass is 332 g/mol. The predicted molar refractivity (Wildman–Crippen MR) is 90.1 cm³/mol. The van der Waals surface area contributed by atoms with Crippen molar-refractivity contribution in [2.45, 2.75) is 44.9 Å². The molecule has 0 heterocycles. The Morgan fingerprint density at radius 3 is 2.58 bits per heavy atom. The summed E-state index contributed by atoms with van der Waals surface area (Å²) in [6.07, 6.45) is 8.14. The first kappa shape index (κ1) is 16.4. The molecule has 0 saturated heterocycles. The number of nitrogens with zero attached hydrogens (tertiary/aromatic N) is 3. The molecule has 2 bridgehead atoms. The van der Waals surface area contributed by atoms with Crippen molar-refractivity contribution in [3.63, 3.8) is 0 Å². The number of nitro groups is 2. The molecular weight excluding hydrogens is 312 g/mol. The quantitative estimate of drug-likeness (QED) is 0.654. The Bertz CT molecular complexity index is 685. The Morgan fingerprint density at radius 2 is 1.83 bits per heavy atom. The second-order valence-electron chi connectivity index (χ2n) is 6.56. The molecule has 128 valence electrons. The summed E-state index contributed by atoms with van der Waals surface area (Å²) in [6, 6.07) is 3.56. The van der Waals surface area contributed by atoms with Crippen molar-refractivity contribution in [2.75, 3.05) is 5.43 Å². The van der Waals surface area contributed by atoms with Crippen molar-refractivity contribution >= 4 is 22.8 Å². The van der Waals surface area contributed by atoms with E-state index < -0.39 is 9.85 Å². The molecule has 8 nitrogen and oxygen atoms in total. The van der Waals surface area contributed by atoms with Crippen LogP contribution in [0.25, 0.3) is 0 Å². The van der Waals surface area contributed by atoms with Crippen LogP contribution in [0.5, 0.6) is 0 Å². The van der Waals surface area contributed by atoms with Gasteiger partial charge < -0.3 is 0 Å². The average Bonchev–Trinajstić information content (AvgIpc) is 2.53. The molecule has 0 radical (unpaired) electrons. The lowest BCUT2D eigenvalue weighted by atomic mass is 9.74. The van der Waals surface area contributed by atoms with E-state index in [9.17, 15) is 20.2 Å². The lowest BCUT2D eigenvalue weighted by molar-refractivity contribution is -0.393. The molecule has 3 saturated carbocycles. The molecule has 2 atom stereocenters. The van der Waals surface area contributed by atoms with Gasteiger partial charge in [-0.25, -0.2) is 0 Å². The molecule has 3 aliphatic rings. The zero-order valence-electron chi connectivity index (χ0n) is 13.3. The van der Waals surface area contributed by atoms with Crippen molar-refractivity contribution in [2.24, 2.45) is 16.9 Å². The highest BCUT2D eigenvalue weighted by molar-refractivity contribution is 5.88. The minimum Gasteiger partial charge on any atom is -0.272 e. The Kier molecular flexibility index (Phi) is 4.73. The maximum atomic E-state index is 11.2. The van der Waals surface area contributed by atoms with Gasteiger partial charge in [0.25, 0.3) is 5.69 Å². The molecule has 3 fully saturated rings. The van der Waals surface area contributed by atoms with Crippen LogP contribution in [0, 0.1) is 32.1 Å². The van der Waals surface area contributed by atoms with Crippen LogP contribution < -0.4 is 5.43 Å². The topological polar surface area (TPSA) is 111 Å². The molecule has 1 aromatic carbocycles. The third-order valence-electron chi connectivity index (χ3n) is 5.02. The number of fused-ring (bicyclic) bond motifs is 5. The van der Waals surface area contributed by atoms with Crippen molar-refractivity contribution < 1.29 is 9.85 Å². The van der Waals surface area contributed by atoms with E-state index in [2.05, 4.69) is 10.5 Å². The van der Waals surface area contributed by atoms with Crippen molar-refractivity contribution in [3.8, 4) is 0 Å². The highest BCUT2D eigenvalue weighted by atomic mass is 16.6. The third-order valence-corrected chi connectivity index (χ3v) is 5.02. The number of hydrazone groups is 1. The zero-order valence-corrected chi connectivity index (χ0v) is 13.3. The van der Waals surface area contributed by atoms with E-state index in [1.165, 1.54) is 37.8 Å². The standard InChI is InChI=1S/C16H20N4O4/c21-19(22)13-7-8-14(16(10-13)20(23)24)17-18-15-9-11-3-1-2-4-12(15)6-5-11/h7-8,10-12,17H,1-6,9H2/b18-15-/t11-,12+/m1/s1. The Hall–Kier alpha value is -2.51. The van der Waals surface area contributed by atoms with Crippen LogP contribution in [-0.4, -0.2) is 15.6 Å². The molecule has 0 aromatic heterocycles. The van der Waals surface area contributed by atoms with Crippen molar-refractivity contribution in [1.29, 1.82) is 0 Å². The smallest absolute Gasteiger partial charge is 0.272 e. The second-order valence-corrected chi connectivity index (χ2v) is 6.56. The molecule has 8 heteroatoms. The summed E-state index contributed by atoms with van der Waals surface area (Å²) in [5.41, 5.74) is 3.43. The lowest BCUT2D eigenvalue weighted by Crippen LogP contribution is -2.28. The Morgan fingerprint density at radius 1 is 1.04 bits per heavy atom. The van der Waals surface area contributed by atoms with E-state index >= 15 is 0 Å². The summed E-state index contributed by atoms with van der Waals surface area (Å²) < 4.78 is 0. The van der Waals surface area contributed by atoms with E-state index in [4.69, 9.17) is 0 Å². The van der Waals surface area contributed by atoms with Crippen molar-refractivity contribution in [1.82, 2.24) is 0 Å². The number of anilines is 1. The zero-order chi connectivity index (χ0) is 17.1. The number of non-ortho nitro benzene ring substituents is 1. The fourth-order valence-electron chi connectivity index (χ4n) is 3.70. The summed E-state index contributed by atoms with van der Waals surface area (Å²) in [4.78, 5) is 20.7. The molecule has 1 N–H and O–H groups in total. The molecule has 0 spiro atoms. The molecule has 4 rings (SSSR count). The molecule has 0 aliphatic heterocycles.